The highest BCUT2D eigenvalue weighted by molar-refractivity contribution is 7.95. The molecule has 0 spiro atoms. The van der Waals surface area contributed by atoms with Gasteiger partial charge in [-0.25, -0.2) is 0 Å². The number of carbonyl (C=O) groups is 2. The molecule has 28 heavy (non-hydrogen) atoms. The predicted octanol–water partition coefficient (Wildman–Crippen LogP) is 3.22. The van der Waals surface area contributed by atoms with Crippen molar-refractivity contribution >= 4 is 34.3 Å². The molecular weight excluding hydrogens is 400 g/mol. The molecule has 0 rings (SSSR count). The number of esters is 2. The average Bonchev–Trinajstić information content (AvgIpc) is 2.65. The third-order valence-corrected chi connectivity index (χ3v) is 7.92. The van der Waals surface area contributed by atoms with E-state index in [1.165, 1.54) is 14.2 Å². The first-order valence-corrected chi connectivity index (χ1v) is 12.7. The quantitative estimate of drug-likeness (QED) is 0.287. The lowest BCUT2D eigenvalue weighted by atomic mass is 9.85. The Labute approximate surface area is 176 Å². The van der Waals surface area contributed by atoms with Crippen molar-refractivity contribution in [2.75, 3.05) is 37.2 Å². The Hall–Kier alpha value is -0.440. The normalized spacial score (nSPS) is 14.4. The smallest absolute Gasteiger partial charge is 0.305 e. The lowest BCUT2D eigenvalue weighted by Gasteiger charge is -2.25. The molecule has 2 atom stereocenters. The van der Waals surface area contributed by atoms with Gasteiger partial charge in [0.25, 0.3) is 0 Å². The fourth-order valence-electron chi connectivity index (χ4n) is 2.51. The van der Waals surface area contributed by atoms with E-state index in [9.17, 15) is 18.7 Å². The Bertz CT molecular complexity index is 426. The fourth-order valence-corrected chi connectivity index (χ4v) is 5.96. The van der Waals surface area contributed by atoms with Crippen molar-refractivity contribution in [1.29, 1.82) is 0 Å². The van der Waals surface area contributed by atoms with Crippen LogP contribution in [0.15, 0.2) is 0 Å². The van der Waals surface area contributed by atoms with Gasteiger partial charge >= 0.3 is 11.9 Å². The molecule has 2 unspecified atom stereocenters. The number of rotatable bonds is 15. The van der Waals surface area contributed by atoms with Crippen molar-refractivity contribution < 1.29 is 28.2 Å². The van der Waals surface area contributed by atoms with Crippen LogP contribution in [0.2, 0.25) is 0 Å². The van der Waals surface area contributed by atoms with E-state index in [0.29, 0.717) is 48.7 Å². The summed E-state index contributed by atoms with van der Waals surface area (Å²) in [7, 11) is 2.76. The maximum atomic E-state index is 12.2. The fraction of sp³-hybridized carbons (Fsp3) is 0.900. The Morgan fingerprint density at radius 2 is 1.00 bits per heavy atom. The molecule has 0 heterocycles. The standard InChI is InChI=1S/C20H38O6S2/c1-19(2,9-7-17(21)25-5)11-13-27(23)15-16-28(24)14-12-20(3,4)10-8-18(22)26-6/h7-16H2,1-6H3. The van der Waals surface area contributed by atoms with Crippen LogP contribution in [-0.2, 0) is 41.4 Å². The number of methoxy groups -OCH3 is 2. The summed E-state index contributed by atoms with van der Waals surface area (Å²) in [6, 6.07) is 0. The van der Waals surface area contributed by atoms with E-state index in [-0.39, 0.29) is 22.8 Å². The molecular formula is C20H38O6S2. The first-order valence-electron chi connectivity index (χ1n) is 9.74. The van der Waals surface area contributed by atoms with Gasteiger partial charge in [0, 0.05) is 12.8 Å². The summed E-state index contributed by atoms with van der Waals surface area (Å²) < 4.78 is 33.8. The Morgan fingerprint density at radius 1 is 0.679 bits per heavy atom. The maximum Gasteiger partial charge on any atom is 0.305 e. The Kier molecular flexibility index (Phi) is 13.5. The van der Waals surface area contributed by atoms with Crippen LogP contribution in [0.4, 0.5) is 0 Å². The minimum atomic E-state index is -1.01. The summed E-state index contributed by atoms with van der Waals surface area (Å²) in [6.07, 6.45) is 3.64. The first kappa shape index (κ1) is 27.6. The topological polar surface area (TPSA) is 98.7 Å². The summed E-state index contributed by atoms with van der Waals surface area (Å²) >= 11 is -2.02. The molecule has 0 aromatic heterocycles. The van der Waals surface area contributed by atoms with Crippen LogP contribution in [0.25, 0.3) is 0 Å². The largest absolute Gasteiger partial charge is 0.616 e. The van der Waals surface area contributed by atoms with Gasteiger partial charge in [-0.1, -0.05) is 27.7 Å². The molecule has 0 aliphatic rings. The van der Waals surface area contributed by atoms with Crippen LogP contribution in [0.1, 0.15) is 66.2 Å². The third-order valence-electron chi connectivity index (χ3n) is 5.02. The molecule has 0 amide bonds. The molecule has 0 aromatic carbocycles. The number of hydrogen-bond acceptors (Lipinski definition) is 6. The van der Waals surface area contributed by atoms with E-state index in [0.717, 1.165) is 12.8 Å². The van der Waals surface area contributed by atoms with Gasteiger partial charge in [0.05, 0.1) is 14.2 Å². The summed E-state index contributed by atoms with van der Waals surface area (Å²) in [5.41, 5.74) is -0.153. The molecule has 0 aromatic rings. The second kappa shape index (κ2) is 13.7. The average molecular weight is 439 g/mol. The summed E-state index contributed by atoms with van der Waals surface area (Å²) in [5.74, 6) is 1.52. The minimum Gasteiger partial charge on any atom is -0.616 e. The zero-order valence-electron chi connectivity index (χ0n) is 18.3. The van der Waals surface area contributed by atoms with Crippen molar-refractivity contribution in [3.05, 3.63) is 0 Å². The second-order valence-corrected chi connectivity index (χ2v) is 12.1. The molecule has 166 valence electrons. The van der Waals surface area contributed by atoms with Crippen LogP contribution >= 0.6 is 0 Å². The zero-order valence-corrected chi connectivity index (χ0v) is 20.0. The monoisotopic (exact) mass is 438 g/mol. The zero-order chi connectivity index (χ0) is 21.8. The lowest BCUT2D eigenvalue weighted by Crippen LogP contribution is -2.26. The van der Waals surface area contributed by atoms with E-state index < -0.39 is 22.4 Å². The van der Waals surface area contributed by atoms with Gasteiger partial charge in [0.1, 0.15) is 23.0 Å². The van der Waals surface area contributed by atoms with Crippen molar-refractivity contribution in [2.24, 2.45) is 10.8 Å². The number of ether oxygens (including phenoxy) is 2. The summed E-state index contributed by atoms with van der Waals surface area (Å²) in [6.45, 7) is 8.23. The maximum absolute atomic E-state index is 12.2. The minimum absolute atomic E-state index is 0.0767. The summed E-state index contributed by atoms with van der Waals surface area (Å²) in [4.78, 5) is 22.5. The lowest BCUT2D eigenvalue weighted by molar-refractivity contribution is -0.142. The number of hydrogen-bond donors (Lipinski definition) is 0. The molecule has 0 fully saturated rings. The first-order chi connectivity index (χ1) is 12.9. The van der Waals surface area contributed by atoms with E-state index in [2.05, 4.69) is 37.2 Å². The van der Waals surface area contributed by atoms with Gasteiger partial charge in [0.15, 0.2) is 0 Å². The van der Waals surface area contributed by atoms with Crippen LogP contribution in [0, 0.1) is 10.8 Å². The highest BCUT2D eigenvalue weighted by Crippen LogP contribution is 2.29. The third kappa shape index (κ3) is 14.5. The van der Waals surface area contributed by atoms with E-state index >= 15 is 0 Å². The molecule has 8 heteroatoms. The van der Waals surface area contributed by atoms with Gasteiger partial charge in [-0.15, -0.1) is 0 Å². The molecule has 0 aliphatic heterocycles. The number of carbonyl (C=O) groups excluding carboxylic acids is 2. The van der Waals surface area contributed by atoms with E-state index in [1.807, 2.05) is 0 Å². The Balaban J connectivity index is 4.06. The molecule has 0 N–H and O–H groups in total. The Morgan fingerprint density at radius 3 is 1.29 bits per heavy atom. The van der Waals surface area contributed by atoms with Gasteiger partial charge in [-0.05, 0) is 58.9 Å². The van der Waals surface area contributed by atoms with Gasteiger partial charge in [-0.3, -0.25) is 9.59 Å². The van der Waals surface area contributed by atoms with E-state index in [4.69, 9.17) is 0 Å². The van der Waals surface area contributed by atoms with Crippen LogP contribution < -0.4 is 0 Å². The van der Waals surface area contributed by atoms with E-state index in [1.54, 1.807) is 0 Å². The SMILES string of the molecule is COC(=O)CCC(C)(C)CC[S+]([O-])CC[S+]([O-])CCC(C)(C)CCC(=O)OC. The summed E-state index contributed by atoms with van der Waals surface area (Å²) in [5, 5.41) is 0. The van der Waals surface area contributed by atoms with Gasteiger partial charge in [-0.2, -0.15) is 0 Å². The predicted molar refractivity (Wildman–Crippen MR) is 115 cm³/mol. The highest BCUT2D eigenvalue weighted by atomic mass is 32.2. The second-order valence-electron chi connectivity index (χ2n) is 8.68. The van der Waals surface area contributed by atoms with Crippen molar-refractivity contribution in [2.45, 2.75) is 66.2 Å². The molecule has 0 bridgehead atoms. The molecule has 0 saturated carbocycles. The van der Waals surface area contributed by atoms with Crippen molar-refractivity contribution in [1.82, 2.24) is 0 Å². The van der Waals surface area contributed by atoms with Crippen LogP contribution in [0.5, 0.6) is 0 Å². The van der Waals surface area contributed by atoms with Gasteiger partial charge in [0.2, 0.25) is 0 Å². The molecule has 0 radical (unpaired) electrons. The van der Waals surface area contributed by atoms with Crippen LogP contribution in [0.3, 0.4) is 0 Å². The molecule has 6 nitrogen and oxygen atoms in total. The van der Waals surface area contributed by atoms with Gasteiger partial charge < -0.3 is 18.6 Å². The van der Waals surface area contributed by atoms with Crippen molar-refractivity contribution in [3.8, 4) is 0 Å². The molecule has 0 aliphatic carbocycles. The van der Waals surface area contributed by atoms with Crippen molar-refractivity contribution in [3.63, 3.8) is 0 Å². The highest BCUT2D eigenvalue weighted by Gasteiger charge is 2.25. The van der Waals surface area contributed by atoms with Crippen LogP contribution in [-0.4, -0.2) is 58.3 Å². The molecule has 0 saturated heterocycles.